The van der Waals surface area contributed by atoms with Crippen LogP contribution < -0.4 is 10.1 Å². The Balaban J connectivity index is 1.21. The molecule has 0 aliphatic carbocycles. The number of amides is 1. The maximum absolute atomic E-state index is 12.4. The molecule has 5 nitrogen and oxygen atoms in total. The molecule has 4 aromatic rings. The number of rotatable bonds is 6. The van der Waals surface area contributed by atoms with Gasteiger partial charge in [0.2, 0.25) is 0 Å². The van der Waals surface area contributed by atoms with Crippen molar-refractivity contribution in [2.75, 3.05) is 23.4 Å². The first kappa shape index (κ1) is 20.0. The van der Waals surface area contributed by atoms with Crippen molar-refractivity contribution in [3.8, 4) is 17.0 Å². The topological polar surface area (TPSA) is 55.6 Å². The van der Waals surface area contributed by atoms with E-state index >= 15 is 0 Å². The van der Waals surface area contributed by atoms with E-state index in [2.05, 4.69) is 16.4 Å². The average Bonchev–Trinajstić information content (AvgIpc) is 3.48. The summed E-state index contributed by atoms with van der Waals surface area (Å²) >= 11 is 3.85. The van der Waals surface area contributed by atoms with E-state index in [9.17, 15) is 4.79 Å². The van der Waals surface area contributed by atoms with Crippen molar-refractivity contribution >= 4 is 40.8 Å². The molecule has 0 unspecified atom stereocenters. The fourth-order valence-electron chi connectivity index (χ4n) is 3.48. The van der Waals surface area contributed by atoms with Gasteiger partial charge >= 0.3 is 0 Å². The number of para-hydroxylation sites is 1. The van der Waals surface area contributed by atoms with Crippen LogP contribution in [0.4, 0.5) is 5.69 Å². The number of nitrogens with zero attached hydrogens (tertiary/aromatic N) is 2. The second-order valence-corrected chi connectivity index (χ2v) is 9.84. The molecule has 156 valence electrons. The smallest absolute Gasteiger partial charge is 0.262 e. The van der Waals surface area contributed by atoms with E-state index in [1.54, 1.807) is 0 Å². The van der Waals surface area contributed by atoms with Crippen LogP contribution in [0.15, 0.2) is 79.1 Å². The number of ether oxygens (including phenoxy) is 1. The molecule has 3 heterocycles. The molecule has 1 saturated heterocycles. The summed E-state index contributed by atoms with van der Waals surface area (Å²) in [6.45, 7) is -0.0206. The van der Waals surface area contributed by atoms with Crippen LogP contribution in [0.5, 0.6) is 5.75 Å². The van der Waals surface area contributed by atoms with Crippen LogP contribution >= 0.6 is 23.5 Å². The van der Waals surface area contributed by atoms with Crippen molar-refractivity contribution in [1.29, 1.82) is 0 Å². The molecule has 0 bridgehead atoms. The van der Waals surface area contributed by atoms with E-state index in [1.165, 1.54) is 0 Å². The van der Waals surface area contributed by atoms with E-state index in [0.29, 0.717) is 4.58 Å². The number of pyridine rings is 1. The van der Waals surface area contributed by atoms with Gasteiger partial charge in [0.15, 0.2) is 6.61 Å². The van der Waals surface area contributed by atoms with Crippen molar-refractivity contribution in [2.45, 2.75) is 4.58 Å². The molecule has 1 fully saturated rings. The lowest BCUT2D eigenvalue weighted by Crippen LogP contribution is -2.20. The minimum Gasteiger partial charge on any atom is -0.483 e. The van der Waals surface area contributed by atoms with Crippen LogP contribution in [-0.4, -0.2) is 33.4 Å². The number of thioether (sulfide) groups is 2. The van der Waals surface area contributed by atoms with Gasteiger partial charge < -0.3 is 14.5 Å². The highest BCUT2D eigenvalue weighted by Gasteiger charge is 2.21. The fourth-order valence-corrected chi connectivity index (χ4v) is 6.39. The molecule has 2 aromatic carbocycles. The molecule has 0 atom stereocenters. The lowest BCUT2D eigenvalue weighted by molar-refractivity contribution is -0.118. The van der Waals surface area contributed by atoms with Crippen LogP contribution in [0, 0.1) is 0 Å². The highest BCUT2D eigenvalue weighted by atomic mass is 32.2. The van der Waals surface area contributed by atoms with Crippen LogP contribution in [0.2, 0.25) is 0 Å². The predicted octanol–water partition coefficient (Wildman–Crippen LogP) is 5.50. The average molecular weight is 448 g/mol. The van der Waals surface area contributed by atoms with Crippen LogP contribution in [0.3, 0.4) is 0 Å². The Morgan fingerprint density at radius 1 is 1.03 bits per heavy atom. The van der Waals surface area contributed by atoms with Gasteiger partial charge in [-0.05, 0) is 30.3 Å². The summed E-state index contributed by atoms with van der Waals surface area (Å²) in [5.74, 6) is 2.90. The number of carbonyl (C=O) groups excluding carboxylic acids is 1. The summed E-state index contributed by atoms with van der Waals surface area (Å²) in [5.41, 5.74) is 4.68. The van der Waals surface area contributed by atoms with Crippen molar-refractivity contribution in [2.24, 2.45) is 0 Å². The van der Waals surface area contributed by atoms with Gasteiger partial charge in [0.1, 0.15) is 11.4 Å². The monoisotopic (exact) mass is 447 g/mol. The van der Waals surface area contributed by atoms with E-state index in [1.807, 2.05) is 101 Å². The Morgan fingerprint density at radius 3 is 2.61 bits per heavy atom. The largest absolute Gasteiger partial charge is 0.483 e. The number of carbonyl (C=O) groups is 1. The highest BCUT2D eigenvalue weighted by Crippen LogP contribution is 2.48. The molecule has 7 heteroatoms. The molecular weight excluding hydrogens is 426 g/mol. The normalized spacial score (nSPS) is 14.1. The third-order valence-electron chi connectivity index (χ3n) is 4.98. The van der Waals surface area contributed by atoms with Gasteiger partial charge in [-0.2, -0.15) is 0 Å². The van der Waals surface area contributed by atoms with Crippen LogP contribution in [-0.2, 0) is 4.79 Å². The first-order valence-corrected chi connectivity index (χ1v) is 12.1. The molecule has 1 amide bonds. The minimum atomic E-state index is -0.179. The van der Waals surface area contributed by atoms with Gasteiger partial charge in [-0.25, -0.2) is 4.98 Å². The Kier molecular flexibility index (Phi) is 5.86. The molecular formula is C24H21N3O2S2. The summed E-state index contributed by atoms with van der Waals surface area (Å²) < 4.78 is 8.23. The Morgan fingerprint density at radius 2 is 1.81 bits per heavy atom. The molecule has 0 spiro atoms. The zero-order chi connectivity index (χ0) is 21.0. The van der Waals surface area contributed by atoms with Gasteiger partial charge in [-0.3, -0.25) is 4.79 Å². The van der Waals surface area contributed by atoms with E-state index < -0.39 is 0 Å². The van der Waals surface area contributed by atoms with Crippen molar-refractivity contribution in [3.63, 3.8) is 0 Å². The molecule has 0 saturated carbocycles. The van der Waals surface area contributed by atoms with Gasteiger partial charge in [0.05, 0.1) is 10.3 Å². The number of nitrogens with one attached hydrogen (secondary N) is 1. The SMILES string of the molecule is O=C(COc1ccccc1C1SCCS1)Nc1ccc(-c2cn3ccccc3n2)cc1. The highest BCUT2D eigenvalue weighted by molar-refractivity contribution is 8.19. The number of anilines is 1. The van der Waals surface area contributed by atoms with Gasteiger partial charge in [0, 0.05) is 40.7 Å². The molecule has 1 aliphatic rings. The summed E-state index contributed by atoms with van der Waals surface area (Å²) in [6.07, 6.45) is 3.97. The number of fused-ring (bicyclic) bond motifs is 1. The molecule has 0 radical (unpaired) electrons. The number of hydrogen-bond acceptors (Lipinski definition) is 5. The maximum Gasteiger partial charge on any atom is 0.262 e. The second kappa shape index (κ2) is 9.08. The third-order valence-corrected chi connectivity index (χ3v) is 8.05. The van der Waals surface area contributed by atoms with Gasteiger partial charge in [-0.1, -0.05) is 36.4 Å². The quantitative estimate of drug-likeness (QED) is 0.423. The molecule has 1 N–H and O–H groups in total. The predicted molar refractivity (Wildman–Crippen MR) is 129 cm³/mol. The summed E-state index contributed by atoms with van der Waals surface area (Å²) in [7, 11) is 0. The fraction of sp³-hybridized carbons (Fsp3) is 0.167. The number of aromatic nitrogens is 2. The number of imidazole rings is 1. The van der Waals surface area contributed by atoms with Crippen LogP contribution in [0.1, 0.15) is 10.1 Å². The van der Waals surface area contributed by atoms with E-state index in [0.717, 1.165) is 45.4 Å². The maximum atomic E-state index is 12.4. The molecule has 31 heavy (non-hydrogen) atoms. The van der Waals surface area contributed by atoms with Crippen molar-refractivity contribution in [3.05, 3.63) is 84.7 Å². The summed E-state index contributed by atoms with van der Waals surface area (Å²) in [6, 6.07) is 21.6. The molecule has 1 aliphatic heterocycles. The van der Waals surface area contributed by atoms with Gasteiger partial charge in [-0.15, -0.1) is 23.5 Å². The second-order valence-electron chi connectivity index (χ2n) is 7.12. The van der Waals surface area contributed by atoms with Crippen molar-refractivity contribution in [1.82, 2.24) is 9.38 Å². The Bertz CT molecular complexity index is 1170. The van der Waals surface area contributed by atoms with E-state index in [-0.39, 0.29) is 12.5 Å². The zero-order valence-electron chi connectivity index (χ0n) is 16.7. The lowest BCUT2D eigenvalue weighted by Gasteiger charge is -2.15. The zero-order valence-corrected chi connectivity index (χ0v) is 18.4. The lowest BCUT2D eigenvalue weighted by atomic mass is 10.1. The van der Waals surface area contributed by atoms with Crippen LogP contribution in [0.25, 0.3) is 16.9 Å². The summed E-state index contributed by atoms with van der Waals surface area (Å²) in [4.78, 5) is 17.1. The van der Waals surface area contributed by atoms with Gasteiger partial charge in [0.25, 0.3) is 5.91 Å². The first-order valence-electron chi connectivity index (χ1n) is 10.1. The Hall–Kier alpha value is -2.90. The van der Waals surface area contributed by atoms with E-state index in [4.69, 9.17) is 4.74 Å². The van der Waals surface area contributed by atoms with Crippen molar-refractivity contribution < 1.29 is 9.53 Å². The minimum absolute atomic E-state index is 0.0206. The molecule has 5 rings (SSSR count). The number of benzene rings is 2. The Labute approximate surface area is 189 Å². The standard InChI is InChI=1S/C24H21N3O2S2/c28-23(16-29-21-6-2-1-5-19(21)24-30-13-14-31-24)25-18-10-8-17(9-11-18)20-15-27-12-4-3-7-22(27)26-20/h1-12,15,24H,13-14,16H2,(H,25,28). The number of hydrogen-bond donors (Lipinski definition) is 1. The first-order chi connectivity index (χ1) is 15.3. The summed E-state index contributed by atoms with van der Waals surface area (Å²) in [5, 5.41) is 2.91. The third kappa shape index (κ3) is 4.57. The molecule has 2 aromatic heterocycles.